The van der Waals surface area contributed by atoms with Gasteiger partial charge in [-0.3, -0.25) is 0 Å². The minimum atomic E-state index is -0.0999. The average Bonchev–Trinajstić information content (AvgIpc) is 2.72. The van der Waals surface area contributed by atoms with Crippen LogP contribution in [0.5, 0.6) is 0 Å². The summed E-state index contributed by atoms with van der Waals surface area (Å²) in [6.07, 6.45) is 1.94. The quantitative estimate of drug-likeness (QED) is 0.763. The topological polar surface area (TPSA) is 67.5 Å². The van der Waals surface area contributed by atoms with Gasteiger partial charge < -0.3 is 19.7 Å². The summed E-state index contributed by atoms with van der Waals surface area (Å²) in [7, 11) is 0. The summed E-state index contributed by atoms with van der Waals surface area (Å²) in [6.45, 7) is 6.76. The highest BCUT2D eigenvalue weighted by Crippen LogP contribution is 2.22. The summed E-state index contributed by atoms with van der Waals surface area (Å²) in [5.74, 6) is 1.21. The standard InChI is InChI=1S/C13H22N2O3/c1-10(2)3-4-14-13(8-17-9-13)6-11-5-12(7-16)18-15-11/h5,10,14,16H,3-4,6-9H2,1-2H3. The Morgan fingerprint density at radius 3 is 2.78 bits per heavy atom. The van der Waals surface area contributed by atoms with Gasteiger partial charge in [-0.15, -0.1) is 0 Å². The Hall–Kier alpha value is -0.910. The van der Waals surface area contributed by atoms with Crippen molar-refractivity contribution in [1.82, 2.24) is 10.5 Å². The van der Waals surface area contributed by atoms with Gasteiger partial charge in [0.1, 0.15) is 6.61 Å². The molecule has 0 spiro atoms. The van der Waals surface area contributed by atoms with Crippen LogP contribution in [-0.4, -0.2) is 35.6 Å². The Bertz CT molecular complexity index is 372. The minimum absolute atomic E-state index is 0.00150. The molecular weight excluding hydrogens is 232 g/mol. The summed E-state index contributed by atoms with van der Waals surface area (Å²) in [6, 6.07) is 1.81. The molecule has 5 heteroatoms. The van der Waals surface area contributed by atoms with E-state index in [4.69, 9.17) is 14.4 Å². The molecule has 102 valence electrons. The van der Waals surface area contributed by atoms with Crippen LogP contribution in [0.25, 0.3) is 0 Å². The zero-order valence-corrected chi connectivity index (χ0v) is 11.1. The SMILES string of the molecule is CC(C)CCNC1(Cc2cc(CO)on2)COC1. The Morgan fingerprint density at radius 1 is 1.50 bits per heavy atom. The van der Waals surface area contributed by atoms with Crippen LogP contribution in [0.4, 0.5) is 0 Å². The fourth-order valence-corrected chi connectivity index (χ4v) is 2.10. The first kappa shape index (κ1) is 13.5. The first-order valence-corrected chi connectivity index (χ1v) is 6.52. The van der Waals surface area contributed by atoms with Crippen molar-refractivity contribution >= 4 is 0 Å². The van der Waals surface area contributed by atoms with E-state index in [1.807, 2.05) is 6.07 Å². The predicted molar refractivity (Wildman–Crippen MR) is 67.1 cm³/mol. The molecule has 0 unspecified atom stereocenters. The monoisotopic (exact) mass is 254 g/mol. The lowest BCUT2D eigenvalue weighted by molar-refractivity contribution is -0.0747. The maximum Gasteiger partial charge on any atom is 0.162 e. The Morgan fingerprint density at radius 2 is 2.28 bits per heavy atom. The van der Waals surface area contributed by atoms with E-state index in [2.05, 4.69) is 24.3 Å². The van der Waals surface area contributed by atoms with E-state index in [-0.39, 0.29) is 12.1 Å². The van der Waals surface area contributed by atoms with Gasteiger partial charge in [0.25, 0.3) is 0 Å². The number of hydrogen-bond acceptors (Lipinski definition) is 5. The third-order valence-electron chi connectivity index (χ3n) is 3.26. The highest BCUT2D eigenvalue weighted by Gasteiger charge is 2.38. The van der Waals surface area contributed by atoms with E-state index in [0.29, 0.717) is 24.9 Å². The van der Waals surface area contributed by atoms with Crippen LogP contribution in [0.3, 0.4) is 0 Å². The first-order chi connectivity index (χ1) is 8.63. The Balaban J connectivity index is 1.87. The van der Waals surface area contributed by atoms with E-state index in [9.17, 15) is 0 Å². The number of hydrogen-bond donors (Lipinski definition) is 2. The van der Waals surface area contributed by atoms with Gasteiger partial charge in [-0.2, -0.15) is 0 Å². The molecule has 2 heterocycles. The molecule has 1 aromatic heterocycles. The van der Waals surface area contributed by atoms with E-state index >= 15 is 0 Å². The van der Waals surface area contributed by atoms with Crippen molar-refractivity contribution in [2.45, 2.75) is 38.8 Å². The van der Waals surface area contributed by atoms with E-state index in [1.165, 1.54) is 0 Å². The highest BCUT2D eigenvalue weighted by atomic mass is 16.5. The number of aromatic nitrogens is 1. The second-order valence-corrected chi connectivity index (χ2v) is 5.50. The fourth-order valence-electron chi connectivity index (χ4n) is 2.10. The first-order valence-electron chi connectivity index (χ1n) is 6.52. The molecule has 0 amide bonds. The highest BCUT2D eigenvalue weighted by molar-refractivity contribution is 5.11. The maximum atomic E-state index is 8.95. The van der Waals surface area contributed by atoms with E-state index in [1.54, 1.807) is 0 Å². The molecule has 1 aliphatic rings. The van der Waals surface area contributed by atoms with Crippen LogP contribution >= 0.6 is 0 Å². The molecule has 1 saturated heterocycles. The molecule has 1 aliphatic heterocycles. The molecule has 2 rings (SSSR count). The van der Waals surface area contributed by atoms with Crippen LogP contribution < -0.4 is 5.32 Å². The fraction of sp³-hybridized carbons (Fsp3) is 0.769. The number of ether oxygens (including phenoxy) is 1. The molecule has 1 aromatic rings. The molecule has 5 nitrogen and oxygen atoms in total. The summed E-state index contributed by atoms with van der Waals surface area (Å²) in [4.78, 5) is 0. The lowest BCUT2D eigenvalue weighted by atomic mass is 9.90. The average molecular weight is 254 g/mol. The summed E-state index contributed by atoms with van der Waals surface area (Å²) in [5.41, 5.74) is 0.873. The maximum absolute atomic E-state index is 8.95. The summed E-state index contributed by atoms with van der Waals surface area (Å²) >= 11 is 0. The summed E-state index contributed by atoms with van der Waals surface area (Å²) < 4.78 is 10.3. The zero-order chi connectivity index (χ0) is 13.0. The van der Waals surface area contributed by atoms with Crippen molar-refractivity contribution in [3.05, 3.63) is 17.5 Å². The Labute approximate surface area is 107 Å². The number of aliphatic hydroxyl groups is 1. The third kappa shape index (κ3) is 3.31. The van der Waals surface area contributed by atoms with Crippen molar-refractivity contribution in [2.75, 3.05) is 19.8 Å². The zero-order valence-electron chi connectivity index (χ0n) is 11.1. The van der Waals surface area contributed by atoms with Gasteiger partial charge in [0, 0.05) is 12.5 Å². The number of rotatable bonds is 7. The molecule has 0 saturated carbocycles. The Kier molecular flexibility index (Phi) is 4.37. The molecule has 0 atom stereocenters. The second-order valence-electron chi connectivity index (χ2n) is 5.50. The molecule has 1 fully saturated rings. The molecule has 0 aliphatic carbocycles. The van der Waals surface area contributed by atoms with Gasteiger partial charge in [-0.25, -0.2) is 0 Å². The lowest BCUT2D eigenvalue weighted by Crippen LogP contribution is -2.62. The van der Waals surface area contributed by atoms with Crippen molar-refractivity contribution in [3.63, 3.8) is 0 Å². The van der Waals surface area contributed by atoms with E-state index in [0.717, 1.165) is 25.1 Å². The van der Waals surface area contributed by atoms with Gasteiger partial charge in [0.15, 0.2) is 5.76 Å². The van der Waals surface area contributed by atoms with Crippen LogP contribution in [0.15, 0.2) is 10.6 Å². The van der Waals surface area contributed by atoms with Gasteiger partial charge in [0.2, 0.25) is 0 Å². The lowest BCUT2D eigenvalue weighted by Gasteiger charge is -2.42. The number of nitrogens with one attached hydrogen (secondary N) is 1. The largest absolute Gasteiger partial charge is 0.388 e. The van der Waals surface area contributed by atoms with Gasteiger partial charge in [0.05, 0.1) is 24.4 Å². The molecule has 0 radical (unpaired) electrons. The second kappa shape index (κ2) is 5.82. The number of nitrogens with zero attached hydrogens (tertiary/aromatic N) is 1. The normalized spacial score (nSPS) is 18.0. The van der Waals surface area contributed by atoms with Gasteiger partial charge in [-0.1, -0.05) is 19.0 Å². The predicted octanol–water partition coefficient (Wildman–Crippen LogP) is 1.11. The van der Waals surface area contributed by atoms with Crippen LogP contribution in [0.2, 0.25) is 0 Å². The van der Waals surface area contributed by atoms with Crippen LogP contribution in [0, 0.1) is 5.92 Å². The molecular formula is C13H22N2O3. The van der Waals surface area contributed by atoms with Gasteiger partial charge >= 0.3 is 0 Å². The molecule has 0 bridgehead atoms. The van der Waals surface area contributed by atoms with Crippen LogP contribution in [-0.2, 0) is 17.8 Å². The molecule has 2 N–H and O–H groups in total. The van der Waals surface area contributed by atoms with Gasteiger partial charge in [-0.05, 0) is 18.9 Å². The van der Waals surface area contributed by atoms with Crippen molar-refractivity contribution in [1.29, 1.82) is 0 Å². The van der Waals surface area contributed by atoms with E-state index < -0.39 is 0 Å². The molecule has 18 heavy (non-hydrogen) atoms. The van der Waals surface area contributed by atoms with Crippen molar-refractivity contribution in [3.8, 4) is 0 Å². The summed E-state index contributed by atoms with van der Waals surface area (Å²) in [5, 5.41) is 16.5. The van der Waals surface area contributed by atoms with Crippen molar-refractivity contribution < 1.29 is 14.4 Å². The smallest absolute Gasteiger partial charge is 0.162 e. The molecule has 0 aromatic carbocycles. The number of aliphatic hydroxyl groups excluding tert-OH is 1. The van der Waals surface area contributed by atoms with Crippen LogP contribution in [0.1, 0.15) is 31.7 Å². The minimum Gasteiger partial charge on any atom is -0.388 e. The third-order valence-corrected chi connectivity index (χ3v) is 3.26. The van der Waals surface area contributed by atoms with Crippen molar-refractivity contribution in [2.24, 2.45) is 5.92 Å².